The largest absolute Gasteiger partial charge is 0.507 e. The molecular formula is C14H22O3. The highest BCUT2D eigenvalue weighted by Crippen LogP contribution is 2.25. The molecule has 0 radical (unpaired) electrons. The van der Waals surface area contributed by atoms with Gasteiger partial charge in [-0.15, -0.1) is 0 Å². The van der Waals surface area contributed by atoms with Gasteiger partial charge in [0.2, 0.25) is 0 Å². The Bertz CT molecular complexity index is 322. The van der Waals surface area contributed by atoms with E-state index in [0.717, 1.165) is 18.4 Å². The second kappa shape index (κ2) is 7.30. The summed E-state index contributed by atoms with van der Waals surface area (Å²) in [7, 11) is 0. The van der Waals surface area contributed by atoms with Gasteiger partial charge in [0, 0.05) is 11.1 Å². The lowest BCUT2D eigenvalue weighted by Gasteiger charge is -2.10. The molecule has 96 valence electrons. The maximum atomic E-state index is 9.70. The molecule has 17 heavy (non-hydrogen) atoms. The van der Waals surface area contributed by atoms with E-state index in [1.807, 2.05) is 12.1 Å². The normalized spacial score (nSPS) is 10.8. The number of aryl methyl sites for hydroxylation is 1. The predicted octanol–water partition coefficient (Wildman–Crippen LogP) is 2.50. The van der Waals surface area contributed by atoms with Crippen LogP contribution in [-0.2, 0) is 19.6 Å². The zero-order valence-electron chi connectivity index (χ0n) is 10.4. The van der Waals surface area contributed by atoms with Crippen LogP contribution in [-0.4, -0.2) is 15.3 Å². The number of hydrogen-bond acceptors (Lipinski definition) is 3. The number of unbranched alkanes of at least 4 members (excludes halogenated alkanes) is 3. The van der Waals surface area contributed by atoms with Crippen LogP contribution in [0.5, 0.6) is 5.75 Å². The Morgan fingerprint density at radius 1 is 0.941 bits per heavy atom. The van der Waals surface area contributed by atoms with Crippen LogP contribution < -0.4 is 0 Å². The van der Waals surface area contributed by atoms with Gasteiger partial charge in [-0.3, -0.25) is 0 Å². The summed E-state index contributed by atoms with van der Waals surface area (Å²) in [6.07, 6.45) is 5.67. The van der Waals surface area contributed by atoms with Gasteiger partial charge in [0.15, 0.2) is 0 Å². The molecule has 0 amide bonds. The zero-order chi connectivity index (χ0) is 12.7. The van der Waals surface area contributed by atoms with Crippen LogP contribution in [0.15, 0.2) is 12.1 Å². The fraction of sp³-hybridized carbons (Fsp3) is 0.571. The molecule has 1 aromatic carbocycles. The van der Waals surface area contributed by atoms with Crippen molar-refractivity contribution in [3.63, 3.8) is 0 Å². The average molecular weight is 238 g/mol. The van der Waals surface area contributed by atoms with Crippen molar-refractivity contribution in [1.29, 1.82) is 0 Å². The summed E-state index contributed by atoms with van der Waals surface area (Å²) in [5.74, 6) is 0.0207. The highest BCUT2D eigenvalue weighted by Gasteiger charge is 2.08. The van der Waals surface area contributed by atoms with Crippen molar-refractivity contribution in [3.05, 3.63) is 28.8 Å². The third kappa shape index (κ3) is 4.02. The van der Waals surface area contributed by atoms with E-state index >= 15 is 0 Å². The fourth-order valence-electron chi connectivity index (χ4n) is 1.97. The second-order valence-electron chi connectivity index (χ2n) is 4.39. The Morgan fingerprint density at radius 3 is 2.00 bits per heavy atom. The number of phenols is 1. The molecule has 0 aliphatic rings. The summed E-state index contributed by atoms with van der Waals surface area (Å²) in [5.41, 5.74) is 2.08. The maximum Gasteiger partial charge on any atom is 0.126 e. The standard InChI is InChI=1S/C14H22O3/c1-2-3-4-5-6-11-7-12(9-15)14(17)13(8-11)10-16/h7-8,15-17H,2-6,9-10H2,1H3. The van der Waals surface area contributed by atoms with Crippen molar-refractivity contribution in [2.24, 2.45) is 0 Å². The number of hydrogen-bond donors (Lipinski definition) is 3. The molecule has 3 nitrogen and oxygen atoms in total. The van der Waals surface area contributed by atoms with E-state index in [4.69, 9.17) is 10.2 Å². The highest BCUT2D eigenvalue weighted by molar-refractivity contribution is 5.43. The van der Waals surface area contributed by atoms with E-state index in [1.54, 1.807) is 0 Å². The van der Waals surface area contributed by atoms with Crippen molar-refractivity contribution in [2.45, 2.75) is 52.2 Å². The van der Waals surface area contributed by atoms with E-state index < -0.39 is 0 Å². The van der Waals surface area contributed by atoms with Gasteiger partial charge in [-0.2, -0.15) is 0 Å². The Kier molecular flexibility index (Phi) is 6.01. The minimum atomic E-state index is -0.193. The molecule has 0 heterocycles. The first kappa shape index (κ1) is 14.0. The molecule has 0 fully saturated rings. The van der Waals surface area contributed by atoms with Gasteiger partial charge in [0.05, 0.1) is 13.2 Å². The number of aromatic hydroxyl groups is 1. The fourth-order valence-corrected chi connectivity index (χ4v) is 1.97. The first-order chi connectivity index (χ1) is 8.22. The van der Waals surface area contributed by atoms with E-state index in [9.17, 15) is 5.11 Å². The van der Waals surface area contributed by atoms with Crippen LogP contribution in [0, 0.1) is 0 Å². The highest BCUT2D eigenvalue weighted by atomic mass is 16.3. The van der Waals surface area contributed by atoms with Crippen molar-refractivity contribution in [1.82, 2.24) is 0 Å². The lowest BCUT2D eigenvalue weighted by Crippen LogP contribution is -1.96. The molecule has 0 unspecified atom stereocenters. The average Bonchev–Trinajstić information content (AvgIpc) is 2.36. The second-order valence-corrected chi connectivity index (χ2v) is 4.39. The van der Waals surface area contributed by atoms with Gasteiger partial charge >= 0.3 is 0 Å². The first-order valence-corrected chi connectivity index (χ1v) is 6.28. The molecule has 0 spiro atoms. The van der Waals surface area contributed by atoms with Gasteiger partial charge < -0.3 is 15.3 Å². The van der Waals surface area contributed by atoms with Crippen molar-refractivity contribution in [3.8, 4) is 5.75 Å². The van der Waals surface area contributed by atoms with Crippen molar-refractivity contribution >= 4 is 0 Å². The Hall–Kier alpha value is -1.06. The zero-order valence-corrected chi connectivity index (χ0v) is 10.4. The molecule has 3 N–H and O–H groups in total. The van der Waals surface area contributed by atoms with Crippen molar-refractivity contribution in [2.75, 3.05) is 0 Å². The molecule has 0 bridgehead atoms. The van der Waals surface area contributed by atoms with Gasteiger partial charge in [-0.05, 0) is 30.5 Å². The molecule has 0 saturated heterocycles. The summed E-state index contributed by atoms with van der Waals surface area (Å²) in [4.78, 5) is 0. The molecule has 0 atom stereocenters. The summed E-state index contributed by atoms with van der Waals surface area (Å²) in [6.45, 7) is 1.79. The van der Waals surface area contributed by atoms with Gasteiger partial charge in [-0.25, -0.2) is 0 Å². The monoisotopic (exact) mass is 238 g/mol. The van der Waals surface area contributed by atoms with Crippen LogP contribution in [0.3, 0.4) is 0 Å². The Morgan fingerprint density at radius 2 is 1.53 bits per heavy atom. The Labute approximate surface area is 103 Å². The van der Waals surface area contributed by atoms with E-state index in [0.29, 0.717) is 11.1 Å². The summed E-state index contributed by atoms with van der Waals surface area (Å²) >= 11 is 0. The van der Waals surface area contributed by atoms with Crippen LogP contribution in [0.1, 0.15) is 49.3 Å². The third-order valence-corrected chi connectivity index (χ3v) is 2.99. The SMILES string of the molecule is CCCCCCc1cc(CO)c(O)c(CO)c1. The number of aliphatic hydroxyl groups excluding tert-OH is 2. The third-order valence-electron chi connectivity index (χ3n) is 2.99. The minimum Gasteiger partial charge on any atom is -0.507 e. The topological polar surface area (TPSA) is 60.7 Å². The van der Waals surface area contributed by atoms with E-state index in [2.05, 4.69) is 6.92 Å². The number of benzene rings is 1. The molecular weight excluding hydrogens is 216 g/mol. The molecule has 1 aromatic rings. The molecule has 1 rings (SSSR count). The van der Waals surface area contributed by atoms with Crippen LogP contribution in [0.25, 0.3) is 0 Å². The van der Waals surface area contributed by atoms with Crippen LogP contribution >= 0.6 is 0 Å². The van der Waals surface area contributed by atoms with Crippen molar-refractivity contribution < 1.29 is 15.3 Å². The molecule has 0 aliphatic heterocycles. The lowest BCUT2D eigenvalue weighted by molar-refractivity contribution is 0.263. The van der Waals surface area contributed by atoms with Crippen LogP contribution in [0.2, 0.25) is 0 Å². The molecule has 0 saturated carbocycles. The maximum absolute atomic E-state index is 9.70. The van der Waals surface area contributed by atoms with Gasteiger partial charge in [0.1, 0.15) is 5.75 Å². The summed E-state index contributed by atoms with van der Waals surface area (Å²) in [5, 5.41) is 28.0. The minimum absolute atomic E-state index is 0.0207. The summed E-state index contributed by atoms with van der Waals surface area (Å²) in [6, 6.07) is 3.64. The van der Waals surface area contributed by atoms with Crippen LogP contribution in [0.4, 0.5) is 0 Å². The lowest BCUT2D eigenvalue weighted by atomic mass is 10.00. The Balaban J connectivity index is 2.71. The smallest absolute Gasteiger partial charge is 0.126 e. The van der Waals surface area contributed by atoms with E-state index in [1.165, 1.54) is 19.3 Å². The first-order valence-electron chi connectivity index (χ1n) is 6.28. The molecule has 0 aliphatic carbocycles. The summed E-state index contributed by atoms with van der Waals surface area (Å²) < 4.78 is 0. The number of rotatable bonds is 7. The van der Waals surface area contributed by atoms with E-state index in [-0.39, 0.29) is 19.0 Å². The van der Waals surface area contributed by atoms with Gasteiger partial charge in [0.25, 0.3) is 0 Å². The predicted molar refractivity (Wildman–Crippen MR) is 67.8 cm³/mol. The van der Waals surface area contributed by atoms with Gasteiger partial charge in [-0.1, -0.05) is 26.2 Å². The molecule has 3 heteroatoms. The quantitative estimate of drug-likeness (QED) is 0.640. The number of aliphatic hydroxyl groups is 2. The molecule has 0 aromatic heterocycles.